The molecule has 0 saturated carbocycles. The first-order chi connectivity index (χ1) is 17.9. The minimum Gasteiger partial charge on any atom is -0.481 e. The fourth-order valence-electron chi connectivity index (χ4n) is 3.85. The van der Waals surface area contributed by atoms with Crippen LogP contribution in [0.5, 0.6) is 0 Å². The Morgan fingerprint density at radius 2 is 1.53 bits per heavy atom. The Bertz CT molecular complexity index is 1150. The molecule has 0 fully saturated rings. The van der Waals surface area contributed by atoms with Gasteiger partial charge in [-0.05, 0) is 30.4 Å². The second kappa shape index (κ2) is 14.1. The summed E-state index contributed by atoms with van der Waals surface area (Å²) in [7, 11) is 0. The van der Waals surface area contributed by atoms with Crippen LogP contribution >= 0.6 is 0 Å². The molecule has 2 rings (SSSR count). The van der Waals surface area contributed by atoms with Gasteiger partial charge in [0.05, 0.1) is 12.6 Å². The van der Waals surface area contributed by atoms with Gasteiger partial charge >= 0.3 is 11.9 Å². The first-order valence-electron chi connectivity index (χ1n) is 12.2. The lowest BCUT2D eigenvalue weighted by atomic mass is 10.00. The maximum Gasteiger partial charge on any atom is 0.328 e. The summed E-state index contributed by atoms with van der Waals surface area (Å²) in [4.78, 5) is 64.1. The van der Waals surface area contributed by atoms with Gasteiger partial charge in [0.2, 0.25) is 17.7 Å². The SMILES string of the molecule is CC(C)CC(NC(=O)C(Cc1c[nH]c2ccccc12)NC(=O)C(N)CCC(=O)O)C(=O)NC(CO)C(=O)O. The Labute approximate surface area is 219 Å². The minimum absolute atomic E-state index is 0.0254. The third kappa shape index (κ3) is 8.85. The molecule has 208 valence electrons. The quantitative estimate of drug-likeness (QED) is 0.147. The largest absolute Gasteiger partial charge is 0.481 e. The van der Waals surface area contributed by atoms with Gasteiger partial charge in [0.15, 0.2) is 0 Å². The van der Waals surface area contributed by atoms with Crippen LogP contribution in [-0.2, 0) is 30.4 Å². The number of aliphatic hydroxyl groups excluding tert-OH is 1. The molecule has 1 aromatic carbocycles. The van der Waals surface area contributed by atoms with Crippen molar-refractivity contribution in [1.29, 1.82) is 0 Å². The summed E-state index contributed by atoms with van der Waals surface area (Å²) < 4.78 is 0. The van der Waals surface area contributed by atoms with Crippen LogP contribution in [0.2, 0.25) is 0 Å². The highest BCUT2D eigenvalue weighted by molar-refractivity contribution is 5.95. The zero-order valence-corrected chi connectivity index (χ0v) is 21.3. The summed E-state index contributed by atoms with van der Waals surface area (Å²) in [6, 6.07) is 2.26. The van der Waals surface area contributed by atoms with Crippen LogP contribution in [0, 0.1) is 5.92 Å². The van der Waals surface area contributed by atoms with Crippen molar-refractivity contribution in [2.45, 2.75) is 63.7 Å². The molecule has 0 saturated heterocycles. The molecule has 0 bridgehead atoms. The van der Waals surface area contributed by atoms with E-state index in [4.69, 9.17) is 15.9 Å². The van der Waals surface area contributed by atoms with Crippen molar-refractivity contribution < 1.29 is 39.3 Å². The summed E-state index contributed by atoms with van der Waals surface area (Å²) in [6.07, 6.45) is 1.40. The van der Waals surface area contributed by atoms with Crippen molar-refractivity contribution in [3.05, 3.63) is 36.0 Å². The Balaban J connectivity index is 2.29. The number of hydrogen-bond donors (Lipinski definition) is 8. The third-order valence-corrected chi connectivity index (χ3v) is 5.88. The Morgan fingerprint density at radius 3 is 2.13 bits per heavy atom. The van der Waals surface area contributed by atoms with Crippen LogP contribution < -0.4 is 21.7 Å². The summed E-state index contributed by atoms with van der Waals surface area (Å²) in [5.74, 6) is -4.88. The highest BCUT2D eigenvalue weighted by Crippen LogP contribution is 2.19. The van der Waals surface area contributed by atoms with Gasteiger partial charge in [-0.25, -0.2) is 4.79 Å². The van der Waals surface area contributed by atoms with E-state index in [1.165, 1.54) is 0 Å². The number of carbonyl (C=O) groups excluding carboxylic acids is 3. The fraction of sp³-hybridized carbons (Fsp3) is 0.480. The first kappa shape index (κ1) is 30.3. The predicted octanol–water partition coefficient (Wildman–Crippen LogP) is -0.520. The van der Waals surface area contributed by atoms with Gasteiger partial charge in [0.25, 0.3) is 0 Å². The number of aromatic amines is 1. The molecule has 9 N–H and O–H groups in total. The van der Waals surface area contributed by atoms with E-state index in [1.807, 2.05) is 24.3 Å². The average Bonchev–Trinajstić information content (AvgIpc) is 3.26. The monoisotopic (exact) mass is 533 g/mol. The van der Waals surface area contributed by atoms with Crippen LogP contribution in [0.25, 0.3) is 10.9 Å². The highest BCUT2D eigenvalue weighted by atomic mass is 16.4. The number of benzene rings is 1. The molecule has 0 aliphatic carbocycles. The van der Waals surface area contributed by atoms with Crippen LogP contribution in [0.1, 0.15) is 38.7 Å². The van der Waals surface area contributed by atoms with Crippen molar-refractivity contribution in [2.24, 2.45) is 11.7 Å². The Kier molecular flexibility index (Phi) is 11.2. The zero-order chi connectivity index (χ0) is 28.4. The fourth-order valence-corrected chi connectivity index (χ4v) is 3.85. The number of aliphatic carboxylic acids is 2. The number of carboxylic acid groups (broad SMARTS) is 2. The number of fused-ring (bicyclic) bond motifs is 1. The van der Waals surface area contributed by atoms with Crippen molar-refractivity contribution in [3.8, 4) is 0 Å². The standard InChI is InChI=1S/C25H35N5O8/c1-13(2)9-18(23(35)30-20(12-31)25(37)38)29-24(36)19(28-22(34)16(26)7-8-21(32)33)10-14-11-27-17-6-4-3-5-15(14)17/h3-6,11,13,16,18-20,27,31H,7-10,12,26H2,1-2H3,(H,28,34)(H,29,36)(H,30,35)(H,32,33)(H,37,38). The molecule has 1 heterocycles. The van der Waals surface area contributed by atoms with Crippen LogP contribution in [-0.4, -0.2) is 80.7 Å². The van der Waals surface area contributed by atoms with E-state index in [0.717, 1.165) is 10.9 Å². The van der Waals surface area contributed by atoms with Crippen molar-refractivity contribution >= 4 is 40.6 Å². The number of rotatable bonds is 15. The number of carboxylic acids is 2. The zero-order valence-electron chi connectivity index (χ0n) is 21.3. The second-order valence-electron chi connectivity index (χ2n) is 9.44. The van der Waals surface area contributed by atoms with E-state index < -0.39 is 60.4 Å². The van der Waals surface area contributed by atoms with Gasteiger partial charge in [0.1, 0.15) is 18.1 Å². The van der Waals surface area contributed by atoms with E-state index in [2.05, 4.69) is 20.9 Å². The summed E-state index contributed by atoms with van der Waals surface area (Å²) in [6.45, 7) is 2.77. The van der Waals surface area contributed by atoms with Gasteiger partial charge in [-0.1, -0.05) is 32.0 Å². The van der Waals surface area contributed by atoms with E-state index in [9.17, 15) is 29.1 Å². The molecule has 13 heteroatoms. The van der Waals surface area contributed by atoms with Gasteiger partial charge < -0.3 is 42.0 Å². The van der Waals surface area contributed by atoms with E-state index in [1.54, 1.807) is 20.0 Å². The molecule has 4 atom stereocenters. The van der Waals surface area contributed by atoms with Crippen molar-refractivity contribution in [2.75, 3.05) is 6.61 Å². The van der Waals surface area contributed by atoms with E-state index in [0.29, 0.717) is 5.56 Å². The Hall–Kier alpha value is -3.97. The maximum atomic E-state index is 13.4. The number of aliphatic hydroxyl groups is 1. The van der Waals surface area contributed by atoms with E-state index >= 15 is 0 Å². The van der Waals surface area contributed by atoms with E-state index in [-0.39, 0.29) is 31.6 Å². The van der Waals surface area contributed by atoms with Gasteiger partial charge in [-0.3, -0.25) is 19.2 Å². The van der Waals surface area contributed by atoms with Gasteiger partial charge in [0, 0.05) is 29.9 Å². The number of nitrogens with one attached hydrogen (secondary N) is 4. The summed E-state index contributed by atoms with van der Waals surface area (Å²) in [5.41, 5.74) is 7.35. The molecule has 1 aromatic heterocycles. The molecular weight excluding hydrogens is 498 g/mol. The third-order valence-electron chi connectivity index (χ3n) is 5.88. The van der Waals surface area contributed by atoms with Crippen LogP contribution in [0.4, 0.5) is 0 Å². The lowest BCUT2D eigenvalue weighted by Gasteiger charge is -2.26. The summed E-state index contributed by atoms with van der Waals surface area (Å²) >= 11 is 0. The highest BCUT2D eigenvalue weighted by Gasteiger charge is 2.31. The number of H-pyrrole nitrogens is 1. The van der Waals surface area contributed by atoms with Crippen LogP contribution in [0.3, 0.4) is 0 Å². The number of carbonyl (C=O) groups is 5. The number of nitrogens with two attached hydrogens (primary N) is 1. The van der Waals surface area contributed by atoms with Gasteiger partial charge in [-0.2, -0.15) is 0 Å². The minimum atomic E-state index is -1.55. The molecule has 0 aliphatic heterocycles. The van der Waals surface area contributed by atoms with Gasteiger partial charge in [-0.15, -0.1) is 0 Å². The molecule has 0 aliphatic rings. The number of aromatic nitrogens is 1. The Morgan fingerprint density at radius 1 is 0.921 bits per heavy atom. The summed E-state index contributed by atoms with van der Waals surface area (Å²) in [5, 5.41) is 35.5. The first-order valence-corrected chi connectivity index (χ1v) is 12.2. The number of hydrogen-bond acceptors (Lipinski definition) is 7. The average molecular weight is 534 g/mol. The molecule has 2 aromatic rings. The molecule has 13 nitrogen and oxygen atoms in total. The second-order valence-corrected chi connectivity index (χ2v) is 9.44. The topological polar surface area (TPSA) is 224 Å². The maximum absolute atomic E-state index is 13.4. The molecular formula is C25H35N5O8. The molecule has 3 amide bonds. The van der Waals surface area contributed by atoms with Crippen molar-refractivity contribution in [1.82, 2.24) is 20.9 Å². The number of para-hydroxylation sites is 1. The lowest BCUT2D eigenvalue weighted by molar-refractivity contribution is -0.143. The normalized spacial score (nSPS) is 14.3. The molecule has 4 unspecified atom stereocenters. The van der Waals surface area contributed by atoms with Crippen LogP contribution in [0.15, 0.2) is 30.5 Å². The number of amides is 3. The predicted molar refractivity (Wildman–Crippen MR) is 137 cm³/mol. The lowest BCUT2D eigenvalue weighted by Crippen LogP contribution is -2.58. The molecule has 0 radical (unpaired) electrons. The molecule has 0 spiro atoms. The molecule has 38 heavy (non-hydrogen) atoms. The van der Waals surface area contributed by atoms with Crippen molar-refractivity contribution in [3.63, 3.8) is 0 Å². The smallest absolute Gasteiger partial charge is 0.328 e.